The average Bonchev–Trinajstić information content (AvgIpc) is 2.68. The Morgan fingerprint density at radius 1 is 1.04 bits per heavy atom. The lowest BCUT2D eigenvalue weighted by Crippen LogP contribution is -2.52. The molecule has 1 N–H and O–H groups in total. The van der Waals surface area contributed by atoms with Gasteiger partial charge in [-0.05, 0) is 55.4 Å². The summed E-state index contributed by atoms with van der Waals surface area (Å²) in [4.78, 5) is 24.4. The van der Waals surface area contributed by atoms with Crippen molar-refractivity contribution in [2.45, 2.75) is 50.5 Å². The molecule has 1 fully saturated rings. The van der Waals surface area contributed by atoms with Gasteiger partial charge < -0.3 is 9.84 Å². The second-order valence-corrected chi connectivity index (χ2v) is 7.65. The van der Waals surface area contributed by atoms with E-state index in [1.54, 1.807) is 0 Å². The summed E-state index contributed by atoms with van der Waals surface area (Å²) in [6.45, 7) is 0. The Kier molecular flexibility index (Phi) is 4.73. The summed E-state index contributed by atoms with van der Waals surface area (Å²) in [7, 11) is 0. The van der Waals surface area contributed by atoms with Crippen molar-refractivity contribution in [1.82, 2.24) is 0 Å². The number of aliphatic carboxylic acids is 1. The largest absolute Gasteiger partial charge is 0.486 e. The van der Waals surface area contributed by atoms with Gasteiger partial charge in [-0.3, -0.25) is 9.59 Å². The Hall–Kier alpha value is -2.62. The summed E-state index contributed by atoms with van der Waals surface area (Å²) >= 11 is 0. The van der Waals surface area contributed by atoms with E-state index in [1.807, 2.05) is 48.5 Å². The maximum Gasteiger partial charge on any atom is 0.303 e. The first-order valence-electron chi connectivity index (χ1n) is 9.74. The minimum absolute atomic E-state index is 0.00104. The number of carboxylic acids is 1. The average molecular weight is 364 g/mol. The number of rotatable bonds is 4. The number of hydrogen-bond acceptors (Lipinski definition) is 3. The van der Waals surface area contributed by atoms with Gasteiger partial charge in [0.15, 0.2) is 5.78 Å². The smallest absolute Gasteiger partial charge is 0.303 e. The third kappa shape index (κ3) is 3.36. The van der Waals surface area contributed by atoms with Gasteiger partial charge in [0.25, 0.3) is 0 Å². The van der Waals surface area contributed by atoms with Crippen molar-refractivity contribution < 1.29 is 19.4 Å². The van der Waals surface area contributed by atoms with Crippen molar-refractivity contribution in [2.24, 2.45) is 5.92 Å². The van der Waals surface area contributed by atoms with Gasteiger partial charge in [-0.1, -0.05) is 42.8 Å². The summed E-state index contributed by atoms with van der Waals surface area (Å²) in [6, 6.07) is 15.8. The fraction of sp³-hybridized carbons (Fsp3) is 0.391. The van der Waals surface area contributed by atoms with Gasteiger partial charge >= 0.3 is 5.97 Å². The molecule has 0 amide bonds. The first-order valence-corrected chi connectivity index (χ1v) is 9.74. The zero-order chi connectivity index (χ0) is 18.9. The molecule has 2 aliphatic rings. The topological polar surface area (TPSA) is 63.6 Å². The summed E-state index contributed by atoms with van der Waals surface area (Å²) in [5.41, 5.74) is 2.15. The molecule has 0 bridgehead atoms. The Labute approximate surface area is 159 Å². The molecule has 1 heterocycles. The molecule has 1 aliphatic heterocycles. The van der Waals surface area contributed by atoms with E-state index in [1.165, 1.54) is 0 Å². The number of Topliss-reactive ketones (excluding diaryl/α,β-unsaturated/α-hetero) is 1. The zero-order valence-electron chi connectivity index (χ0n) is 15.3. The normalized spacial score (nSPS) is 20.7. The number of ether oxygens (including phenoxy) is 1. The first kappa shape index (κ1) is 17.8. The molecule has 0 aromatic heterocycles. The highest BCUT2D eigenvalue weighted by Gasteiger charge is 2.49. The first-order chi connectivity index (χ1) is 13.1. The lowest BCUT2D eigenvalue weighted by atomic mass is 9.69. The number of fused-ring (bicyclic) bond motifs is 1. The summed E-state index contributed by atoms with van der Waals surface area (Å²) in [5, 5.41) is 9.12. The fourth-order valence-electron chi connectivity index (χ4n) is 4.60. The molecule has 0 saturated heterocycles. The molecular formula is C23H24O4. The van der Waals surface area contributed by atoms with Crippen molar-refractivity contribution in [3.8, 4) is 16.9 Å². The summed E-state index contributed by atoms with van der Waals surface area (Å²) < 4.78 is 6.52. The highest BCUT2D eigenvalue weighted by molar-refractivity contribution is 6.02. The Bertz CT molecular complexity index is 850. The van der Waals surface area contributed by atoms with E-state index < -0.39 is 11.6 Å². The second-order valence-electron chi connectivity index (χ2n) is 7.65. The molecule has 4 nitrogen and oxygen atoms in total. The number of hydrogen-bond donors (Lipinski definition) is 1. The lowest BCUT2D eigenvalue weighted by Gasteiger charge is -2.46. The van der Waals surface area contributed by atoms with Gasteiger partial charge in [-0.15, -0.1) is 0 Å². The molecule has 1 aliphatic carbocycles. The van der Waals surface area contributed by atoms with Gasteiger partial charge in [-0.25, -0.2) is 0 Å². The van der Waals surface area contributed by atoms with Gasteiger partial charge in [0, 0.05) is 6.42 Å². The highest BCUT2D eigenvalue weighted by Crippen LogP contribution is 2.47. The zero-order valence-corrected chi connectivity index (χ0v) is 15.3. The predicted molar refractivity (Wildman–Crippen MR) is 103 cm³/mol. The summed E-state index contributed by atoms with van der Waals surface area (Å²) in [6.07, 6.45) is 5.15. The van der Waals surface area contributed by atoms with Gasteiger partial charge in [0.05, 0.1) is 11.5 Å². The van der Waals surface area contributed by atoms with Crippen LogP contribution in [0.1, 0.15) is 55.3 Å². The Morgan fingerprint density at radius 3 is 2.48 bits per heavy atom. The van der Waals surface area contributed by atoms with Crippen LogP contribution in [0.3, 0.4) is 0 Å². The number of benzene rings is 2. The van der Waals surface area contributed by atoms with Gasteiger partial charge in [0.1, 0.15) is 11.4 Å². The third-order valence-electron chi connectivity index (χ3n) is 5.97. The maximum atomic E-state index is 13.3. The standard InChI is InChI=1S/C23H24O4/c24-21(25)12-11-19-22(26)18-10-9-17(16-7-3-1-4-8-16)15-20(18)27-23(19)13-5-2-6-14-23/h1,3-4,7-10,15,19H,2,5-6,11-14H2,(H,24,25). The molecule has 27 heavy (non-hydrogen) atoms. The van der Waals surface area contributed by atoms with E-state index in [-0.39, 0.29) is 18.1 Å². The highest BCUT2D eigenvalue weighted by atomic mass is 16.5. The van der Waals surface area contributed by atoms with Crippen LogP contribution in [0.5, 0.6) is 5.75 Å². The van der Waals surface area contributed by atoms with E-state index >= 15 is 0 Å². The number of carbonyl (C=O) groups is 2. The van der Waals surface area contributed by atoms with Crippen LogP contribution in [0.15, 0.2) is 48.5 Å². The molecule has 2 aromatic rings. The van der Waals surface area contributed by atoms with Crippen molar-refractivity contribution >= 4 is 11.8 Å². The molecule has 0 radical (unpaired) electrons. The van der Waals surface area contributed by atoms with Crippen LogP contribution in [0.2, 0.25) is 0 Å². The monoisotopic (exact) mass is 364 g/mol. The van der Waals surface area contributed by atoms with Gasteiger partial charge in [-0.2, -0.15) is 0 Å². The van der Waals surface area contributed by atoms with Crippen LogP contribution in [-0.2, 0) is 4.79 Å². The molecule has 140 valence electrons. The minimum atomic E-state index is -0.862. The molecule has 4 heteroatoms. The second kappa shape index (κ2) is 7.18. The van der Waals surface area contributed by atoms with Crippen LogP contribution in [0.4, 0.5) is 0 Å². The molecule has 1 atom stereocenters. The molecule has 1 spiro atoms. The molecule has 4 rings (SSSR count). The van der Waals surface area contributed by atoms with Gasteiger partial charge in [0.2, 0.25) is 0 Å². The van der Waals surface area contributed by atoms with Crippen molar-refractivity contribution in [1.29, 1.82) is 0 Å². The van der Waals surface area contributed by atoms with Crippen LogP contribution in [-0.4, -0.2) is 22.5 Å². The van der Waals surface area contributed by atoms with Crippen LogP contribution in [0.25, 0.3) is 11.1 Å². The summed E-state index contributed by atoms with van der Waals surface area (Å²) in [5.74, 6) is -0.545. The van der Waals surface area contributed by atoms with E-state index in [9.17, 15) is 9.59 Å². The van der Waals surface area contributed by atoms with E-state index in [0.717, 1.165) is 43.2 Å². The van der Waals surface area contributed by atoms with E-state index in [2.05, 4.69) is 0 Å². The quantitative estimate of drug-likeness (QED) is 0.818. The molecule has 2 aromatic carbocycles. The van der Waals surface area contributed by atoms with Crippen molar-refractivity contribution in [2.75, 3.05) is 0 Å². The minimum Gasteiger partial charge on any atom is -0.486 e. The Balaban J connectivity index is 1.73. The van der Waals surface area contributed by atoms with Crippen LogP contribution >= 0.6 is 0 Å². The van der Waals surface area contributed by atoms with Crippen LogP contribution in [0, 0.1) is 5.92 Å². The lowest BCUT2D eigenvalue weighted by molar-refractivity contribution is -0.137. The fourth-order valence-corrected chi connectivity index (χ4v) is 4.60. The number of ketones is 1. The third-order valence-corrected chi connectivity index (χ3v) is 5.97. The van der Waals surface area contributed by atoms with Crippen molar-refractivity contribution in [3.63, 3.8) is 0 Å². The number of carbonyl (C=O) groups excluding carboxylic acids is 1. The molecular weight excluding hydrogens is 340 g/mol. The number of carboxylic acid groups (broad SMARTS) is 1. The van der Waals surface area contributed by atoms with E-state index in [0.29, 0.717) is 17.7 Å². The van der Waals surface area contributed by atoms with Crippen LogP contribution < -0.4 is 4.74 Å². The molecule has 1 unspecified atom stereocenters. The van der Waals surface area contributed by atoms with Crippen molar-refractivity contribution in [3.05, 3.63) is 54.1 Å². The SMILES string of the molecule is O=C(O)CCC1C(=O)c2ccc(-c3ccccc3)cc2OC12CCCCC2. The predicted octanol–water partition coefficient (Wildman–Crippen LogP) is 5.11. The maximum absolute atomic E-state index is 13.3. The van der Waals surface area contributed by atoms with E-state index in [4.69, 9.17) is 9.84 Å². The molecule has 1 saturated carbocycles. The Morgan fingerprint density at radius 2 is 1.78 bits per heavy atom.